The van der Waals surface area contributed by atoms with Gasteiger partial charge in [-0.2, -0.15) is 0 Å². The molecule has 3 aromatic rings. The summed E-state index contributed by atoms with van der Waals surface area (Å²) in [7, 11) is 3.62. The first-order valence-electron chi connectivity index (χ1n) is 10.1. The Bertz CT molecular complexity index is 1040. The van der Waals surface area contributed by atoms with Gasteiger partial charge < -0.3 is 18.6 Å². The monoisotopic (exact) mass is 460 g/mol. The van der Waals surface area contributed by atoms with Crippen LogP contribution in [0.4, 0.5) is 0 Å². The van der Waals surface area contributed by atoms with Crippen molar-refractivity contribution in [3.8, 4) is 5.75 Å². The average molecular weight is 461 g/mol. The third-order valence-electron chi connectivity index (χ3n) is 5.29. The molecule has 2 aromatic heterocycles. The van der Waals surface area contributed by atoms with Crippen molar-refractivity contribution in [1.82, 2.24) is 19.4 Å². The van der Waals surface area contributed by atoms with Crippen molar-refractivity contribution in [2.24, 2.45) is 7.05 Å². The van der Waals surface area contributed by atoms with Gasteiger partial charge in [0.15, 0.2) is 10.9 Å². The average Bonchev–Trinajstić information content (AvgIpc) is 3.41. The topological polar surface area (TPSA) is 63.7 Å². The molecule has 1 amide bonds. The Balaban J connectivity index is 1.30. The van der Waals surface area contributed by atoms with E-state index in [0.717, 1.165) is 41.9 Å². The molecular weight excluding hydrogens is 436 g/mol. The van der Waals surface area contributed by atoms with E-state index in [1.165, 1.54) is 0 Å². The fourth-order valence-electron chi connectivity index (χ4n) is 3.57. The molecule has 7 nitrogen and oxygen atoms in total. The number of rotatable bonds is 7. The summed E-state index contributed by atoms with van der Waals surface area (Å²) in [5.41, 5.74) is 1.05. The van der Waals surface area contributed by atoms with E-state index >= 15 is 0 Å². The largest absolute Gasteiger partial charge is 0.496 e. The highest BCUT2D eigenvalue weighted by Gasteiger charge is 2.25. The van der Waals surface area contributed by atoms with Crippen molar-refractivity contribution in [2.45, 2.75) is 17.5 Å². The Hall–Kier alpha value is -2.42. The number of imidazole rings is 1. The van der Waals surface area contributed by atoms with Crippen LogP contribution in [0.2, 0.25) is 5.02 Å². The number of amides is 1. The molecule has 1 fully saturated rings. The second-order valence-electron chi connectivity index (χ2n) is 7.40. The molecule has 0 spiro atoms. The highest BCUT2D eigenvalue weighted by atomic mass is 35.5. The molecule has 9 heteroatoms. The van der Waals surface area contributed by atoms with Crippen molar-refractivity contribution < 1.29 is 13.9 Å². The number of aromatic nitrogens is 2. The maximum absolute atomic E-state index is 12.9. The number of methoxy groups -OCH3 is 1. The van der Waals surface area contributed by atoms with Gasteiger partial charge in [0, 0.05) is 62.8 Å². The van der Waals surface area contributed by atoms with Crippen LogP contribution in [0.3, 0.4) is 0 Å². The zero-order valence-electron chi connectivity index (χ0n) is 17.6. The number of piperazine rings is 1. The Morgan fingerprint density at radius 3 is 2.74 bits per heavy atom. The van der Waals surface area contributed by atoms with Crippen LogP contribution in [0.15, 0.2) is 52.3 Å². The summed E-state index contributed by atoms with van der Waals surface area (Å²) in [6, 6.07) is 9.28. The minimum Gasteiger partial charge on any atom is -0.496 e. The van der Waals surface area contributed by atoms with Crippen molar-refractivity contribution in [3.05, 3.63) is 64.8 Å². The number of hydrogen-bond acceptors (Lipinski definition) is 6. The second-order valence-corrected chi connectivity index (χ2v) is 8.78. The maximum atomic E-state index is 12.9. The number of nitrogens with zero attached hydrogens (tertiary/aromatic N) is 4. The second kappa shape index (κ2) is 9.80. The molecule has 0 unspecified atom stereocenters. The summed E-state index contributed by atoms with van der Waals surface area (Å²) in [5.74, 6) is 2.55. The normalized spacial score (nSPS) is 14.7. The van der Waals surface area contributed by atoms with E-state index in [1.54, 1.807) is 31.1 Å². The zero-order valence-corrected chi connectivity index (χ0v) is 19.2. The van der Waals surface area contributed by atoms with E-state index in [-0.39, 0.29) is 5.91 Å². The van der Waals surface area contributed by atoms with Crippen molar-refractivity contribution in [3.63, 3.8) is 0 Å². The summed E-state index contributed by atoms with van der Waals surface area (Å²) in [6.07, 6.45) is 3.67. The molecule has 164 valence electrons. The summed E-state index contributed by atoms with van der Waals surface area (Å²) in [6.45, 7) is 3.61. The van der Waals surface area contributed by atoms with Crippen LogP contribution in [0.5, 0.6) is 5.75 Å². The highest BCUT2D eigenvalue weighted by Crippen LogP contribution is 2.25. The molecule has 0 bridgehead atoms. The first-order chi connectivity index (χ1) is 15.0. The summed E-state index contributed by atoms with van der Waals surface area (Å²) < 4.78 is 13.2. The molecule has 31 heavy (non-hydrogen) atoms. The number of hydrogen-bond donors (Lipinski definition) is 0. The predicted octanol–water partition coefficient (Wildman–Crippen LogP) is 3.93. The molecule has 0 atom stereocenters. The van der Waals surface area contributed by atoms with Crippen molar-refractivity contribution in [1.29, 1.82) is 0 Å². The van der Waals surface area contributed by atoms with Gasteiger partial charge in [-0.15, -0.1) is 0 Å². The predicted molar refractivity (Wildman–Crippen MR) is 121 cm³/mol. The van der Waals surface area contributed by atoms with Crippen LogP contribution in [0.1, 0.15) is 21.9 Å². The lowest BCUT2D eigenvalue weighted by atomic mass is 10.1. The number of halogens is 1. The van der Waals surface area contributed by atoms with Crippen LogP contribution < -0.4 is 4.74 Å². The lowest BCUT2D eigenvalue weighted by Crippen LogP contribution is -2.48. The number of benzene rings is 1. The van der Waals surface area contributed by atoms with E-state index in [4.69, 9.17) is 20.8 Å². The Morgan fingerprint density at radius 2 is 2.03 bits per heavy atom. The van der Waals surface area contributed by atoms with E-state index in [0.29, 0.717) is 29.6 Å². The number of ether oxygens (including phenoxy) is 1. The van der Waals surface area contributed by atoms with E-state index in [1.807, 2.05) is 47.0 Å². The van der Waals surface area contributed by atoms with Crippen LogP contribution in [-0.2, 0) is 19.3 Å². The van der Waals surface area contributed by atoms with Gasteiger partial charge in [0.05, 0.1) is 12.9 Å². The number of carbonyl (C=O) groups excluding carboxylic acids is 1. The lowest BCUT2D eigenvalue weighted by molar-refractivity contribution is 0.0595. The Morgan fingerprint density at radius 1 is 1.23 bits per heavy atom. The van der Waals surface area contributed by atoms with Crippen LogP contribution in [-0.4, -0.2) is 58.5 Å². The molecule has 0 N–H and O–H groups in total. The first kappa shape index (κ1) is 21.8. The molecular formula is C22H25ClN4O3S. The Labute approximate surface area is 190 Å². The molecule has 0 saturated carbocycles. The zero-order chi connectivity index (χ0) is 21.8. The minimum atomic E-state index is -0.0618. The number of furan rings is 1. The van der Waals surface area contributed by atoms with E-state index < -0.39 is 0 Å². The number of carbonyl (C=O) groups is 1. The standard InChI is InChI=1S/C22H25ClN4O3S/c1-25-8-7-24-22(25)31-15-18-4-6-20(30-18)21(28)27-11-9-26(10-12-27)14-16-13-17(23)3-5-19(16)29-2/h3-8,13H,9-12,14-15H2,1-2H3. The molecule has 1 aliphatic rings. The fourth-order valence-corrected chi connectivity index (χ4v) is 4.59. The third-order valence-corrected chi connectivity index (χ3v) is 6.60. The van der Waals surface area contributed by atoms with Crippen LogP contribution in [0, 0.1) is 0 Å². The first-order valence-corrected chi connectivity index (χ1v) is 11.4. The van der Waals surface area contributed by atoms with Gasteiger partial charge in [0.1, 0.15) is 11.5 Å². The van der Waals surface area contributed by atoms with Crippen LogP contribution >= 0.6 is 23.4 Å². The molecule has 1 aromatic carbocycles. The van der Waals surface area contributed by atoms with Gasteiger partial charge in [0.25, 0.3) is 5.91 Å². The number of aryl methyl sites for hydroxylation is 1. The molecule has 0 aliphatic carbocycles. The molecule has 1 aliphatic heterocycles. The van der Waals surface area contributed by atoms with Crippen molar-refractivity contribution >= 4 is 29.3 Å². The minimum absolute atomic E-state index is 0.0618. The van der Waals surface area contributed by atoms with E-state index in [9.17, 15) is 4.79 Å². The smallest absolute Gasteiger partial charge is 0.289 e. The van der Waals surface area contributed by atoms with E-state index in [2.05, 4.69) is 9.88 Å². The lowest BCUT2D eigenvalue weighted by Gasteiger charge is -2.34. The molecule has 0 radical (unpaired) electrons. The number of thioether (sulfide) groups is 1. The summed E-state index contributed by atoms with van der Waals surface area (Å²) in [4.78, 5) is 21.3. The van der Waals surface area contributed by atoms with Gasteiger partial charge in [-0.05, 0) is 30.3 Å². The quantitative estimate of drug-likeness (QED) is 0.498. The van der Waals surface area contributed by atoms with Crippen LogP contribution in [0.25, 0.3) is 0 Å². The molecule has 4 rings (SSSR count). The Kier molecular flexibility index (Phi) is 6.89. The van der Waals surface area contributed by atoms with Gasteiger partial charge >= 0.3 is 0 Å². The fraction of sp³-hybridized carbons (Fsp3) is 0.364. The molecule has 3 heterocycles. The third kappa shape index (κ3) is 5.26. The SMILES string of the molecule is COc1ccc(Cl)cc1CN1CCN(C(=O)c2ccc(CSc3nccn3C)o2)CC1. The van der Waals surface area contributed by atoms with Crippen molar-refractivity contribution in [2.75, 3.05) is 33.3 Å². The highest BCUT2D eigenvalue weighted by molar-refractivity contribution is 7.98. The maximum Gasteiger partial charge on any atom is 0.289 e. The summed E-state index contributed by atoms with van der Waals surface area (Å²) in [5, 5.41) is 1.61. The summed E-state index contributed by atoms with van der Waals surface area (Å²) >= 11 is 7.72. The molecule has 1 saturated heterocycles. The van der Waals surface area contributed by atoms with Gasteiger partial charge in [-0.25, -0.2) is 4.98 Å². The van der Waals surface area contributed by atoms with Gasteiger partial charge in [-0.1, -0.05) is 23.4 Å². The van der Waals surface area contributed by atoms with Gasteiger partial charge in [0.2, 0.25) is 0 Å². The van der Waals surface area contributed by atoms with Gasteiger partial charge in [-0.3, -0.25) is 9.69 Å².